The van der Waals surface area contributed by atoms with E-state index in [1.54, 1.807) is 11.8 Å². The highest BCUT2D eigenvalue weighted by Gasteiger charge is 2.19. The number of rotatable bonds is 6. The highest BCUT2D eigenvalue weighted by atomic mass is 16.5. The largest absolute Gasteiger partial charge is 0.497 e. The molecule has 0 saturated carbocycles. The molecule has 0 radical (unpaired) electrons. The predicted octanol–water partition coefficient (Wildman–Crippen LogP) is 3.78. The summed E-state index contributed by atoms with van der Waals surface area (Å²) in [6, 6.07) is 13.8. The van der Waals surface area contributed by atoms with Crippen LogP contribution in [0.15, 0.2) is 42.5 Å². The Balaban J connectivity index is 1.63. The second kappa shape index (κ2) is 8.26. The van der Waals surface area contributed by atoms with E-state index in [-0.39, 0.29) is 12.5 Å². The van der Waals surface area contributed by atoms with E-state index < -0.39 is 0 Å². The number of ether oxygens (including phenoxy) is 1. The van der Waals surface area contributed by atoms with Crippen LogP contribution in [-0.4, -0.2) is 32.3 Å². The molecule has 0 aliphatic heterocycles. The SMILES string of the molecule is COc1ccc(CNC(=O)Cn2nc(-n3c(C)ccc3C)c3c(C)cc(C)nc32)cc1. The van der Waals surface area contributed by atoms with E-state index in [0.717, 1.165) is 50.8 Å². The van der Waals surface area contributed by atoms with Gasteiger partial charge in [0.05, 0.1) is 12.5 Å². The van der Waals surface area contributed by atoms with E-state index in [1.165, 1.54) is 0 Å². The van der Waals surface area contributed by atoms with Crippen LogP contribution in [0.4, 0.5) is 0 Å². The molecular formula is C24H27N5O2. The molecule has 0 fully saturated rings. The molecule has 7 nitrogen and oxygen atoms in total. The number of aryl methyl sites for hydroxylation is 4. The third kappa shape index (κ3) is 4.03. The average Bonchev–Trinajstić information content (AvgIpc) is 3.26. The van der Waals surface area contributed by atoms with Crippen molar-refractivity contribution in [3.8, 4) is 11.6 Å². The van der Waals surface area contributed by atoms with E-state index in [9.17, 15) is 4.79 Å². The molecule has 0 aliphatic carbocycles. The molecule has 0 aliphatic rings. The highest BCUT2D eigenvalue weighted by Crippen LogP contribution is 2.27. The number of benzene rings is 1. The van der Waals surface area contributed by atoms with Crippen LogP contribution in [0.25, 0.3) is 16.9 Å². The molecule has 3 heterocycles. The Morgan fingerprint density at radius 3 is 2.35 bits per heavy atom. The maximum absolute atomic E-state index is 12.7. The van der Waals surface area contributed by atoms with Gasteiger partial charge in [-0.1, -0.05) is 12.1 Å². The first-order valence-electron chi connectivity index (χ1n) is 10.3. The summed E-state index contributed by atoms with van der Waals surface area (Å²) in [5.41, 5.74) is 5.90. The second-order valence-corrected chi connectivity index (χ2v) is 7.84. The Morgan fingerprint density at radius 2 is 1.71 bits per heavy atom. The number of carbonyl (C=O) groups is 1. The fourth-order valence-electron chi connectivity index (χ4n) is 3.90. The van der Waals surface area contributed by atoms with Crippen LogP contribution >= 0.6 is 0 Å². The number of fused-ring (bicyclic) bond motifs is 1. The molecule has 0 saturated heterocycles. The van der Waals surface area contributed by atoms with Gasteiger partial charge in [0, 0.05) is 23.6 Å². The van der Waals surface area contributed by atoms with E-state index in [4.69, 9.17) is 14.8 Å². The first-order valence-corrected chi connectivity index (χ1v) is 10.3. The normalized spacial score (nSPS) is 11.1. The Morgan fingerprint density at radius 1 is 1.03 bits per heavy atom. The van der Waals surface area contributed by atoms with E-state index in [2.05, 4.69) is 48.9 Å². The van der Waals surface area contributed by atoms with Crippen LogP contribution in [0.1, 0.15) is 28.2 Å². The third-order valence-corrected chi connectivity index (χ3v) is 5.43. The Kier molecular flexibility index (Phi) is 5.50. The van der Waals surface area contributed by atoms with Crippen molar-refractivity contribution in [2.75, 3.05) is 7.11 Å². The van der Waals surface area contributed by atoms with Gasteiger partial charge >= 0.3 is 0 Å². The molecular weight excluding hydrogens is 390 g/mol. The second-order valence-electron chi connectivity index (χ2n) is 7.84. The summed E-state index contributed by atoms with van der Waals surface area (Å²) in [4.78, 5) is 17.4. The van der Waals surface area contributed by atoms with Gasteiger partial charge in [-0.3, -0.25) is 4.79 Å². The lowest BCUT2D eigenvalue weighted by atomic mass is 10.1. The number of methoxy groups -OCH3 is 1. The maximum Gasteiger partial charge on any atom is 0.242 e. The minimum atomic E-state index is -0.117. The van der Waals surface area contributed by atoms with Crippen LogP contribution in [0.5, 0.6) is 5.75 Å². The van der Waals surface area contributed by atoms with Gasteiger partial charge in [0.1, 0.15) is 12.3 Å². The Bertz CT molecular complexity index is 1230. The minimum Gasteiger partial charge on any atom is -0.497 e. The molecule has 0 bridgehead atoms. The first kappa shape index (κ1) is 20.7. The zero-order valence-corrected chi connectivity index (χ0v) is 18.6. The summed E-state index contributed by atoms with van der Waals surface area (Å²) in [6.07, 6.45) is 0. The molecule has 160 valence electrons. The summed E-state index contributed by atoms with van der Waals surface area (Å²) in [7, 11) is 1.63. The number of nitrogens with one attached hydrogen (secondary N) is 1. The van der Waals surface area contributed by atoms with Gasteiger partial charge in [-0.2, -0.15) is 5.10 Å². The van der Waals surface area contributed by atoms with Crippen molar-refractivity contribution in [1.82, 2.24) is 24.6 Å². The molecule has 1 N–H and O–H groups in total. The maximum atomic E-state index is 12.7. The lowest BCUT2D eigenvalue weighted by Gasteiger charge is -2.07. The smallest absolute Gasteiger partial charge is 0.242 e. The number of aromatic nitrogens is 4. The quantitative estimate of drug-likeness (QED) is 0.518. The van der Waals surface area contributed by atoms with Gasteiger partial charge in [0.15, 0.2) is 11.5 Å². The van der Waals surface area contributed by atoms with Crippen LogP contribution in [-0.2, 0) is 17.9 Å². The zero-order chi connectivity index (χ0) is 22.1. The summed E-state index contributed by atoms with van der Waals surface area (Å²) >= 11 is 0. The molecule has 0 atom stereocenters. The number of nitrogens with zero attached hydrogens (tertiary/aromatic N) is 4. The summed E-state index contributed by atoms with van der Waals surface area (Å²) < 4.78 is 8.99. The number of hydrogen-bond acceptors (Lipinski definition) is 4. The fraction of sp³-hybridized carbons (Fsp3) is 0.292. The lowest BCUT2D eigenvalue weighted by Crippen LogP contribution is -2.27. The van der Waals surface area contributed by atoms with Crippen molar-refractivity contribution in [1.29, 1.82) is 0 Å². The molecule has 4 rings (SSSR count). The number of hydrogen-bond donors (Lipinski definition) is 1. The molecule has 4 aromatic rings. The van der Waals surface area contributed by atoms with Crippen LogP contribution in [0, 0.1) is 27.7 Å². The molecule has 0 unspecified atom stereocenters. The van der Waals surface area contributed by atoms with Gasteiger partial charge in [-0.15, -0.1) is 0 Å². The average molecular weight is 418 g/mol. The van der Waals surface area contributed by atoms with Crippen molar-refractivity contribution in [3.63, 3.8) is 0 Å². The van der Waals surface area contributed by atoms with Crippen LogP contribution in [0.3, 0.4) is 0 Å². The first-order chi connectivity index (χ1) is 14.9. The van der Waals surface area contributed by atoms with E-state index in [0.29, 0.717) is 6.54 Å². The molecule has 31 heavy (non-hydrogen) atoms. The Hall–Kier alpha value is -3.61. The third-order valence-electron chi connectivity index (χ3n) is 5.43. The Labute approximate surface area is 181 Å². The standard InChI is InChI=1S/C24H27N5O2/c1-15-12-16(2)26-23-22(15)24(29-17(3)6-7-18(29)4)27-28(23)14-21(30)25-13-19-8-10-20(31-5)11-9-19/h6-12H,13-14H2,1-5H3,(H,25,30). The summed E-state index contributed by atoms with van der Waals surface area (Å²) in [6.45, 7) is 8.66. The van der Waals surface area contributed by atoms with Crippen LogP contribution in [0.2, 0.25) is 0 Å². The summed E-state index contributed by atoms with van der Waals surface area (Å²) in [5, 5.41) is 8.75. The van der Waals surface area contributed by atoms with E-state index in [1.807, 2.05) is 31.2 Å². The van der Waals surface area contributed by atoms with Gasteiger partial charge in [-0.25, -0.2) is 9.67 Å². The van der Waals surface area contributed by atoms with Gasteiger partial charge < -0.3 is 14.6 Å². The number of pyridine rings is 1. The minimum absolute atomic E-state index is 0.0991. The molecule has 0 spiro atoms. The van der Waals surface area contributed by atoms with E-state index >= 15 is 0 Å². The van der Waals surface area contributed by atoms with Crippen molar-refractivity contribution in [2.24, 2.45) is 0 Å². The molecule has 1 amide bonds. The van der Waals surface area contributed by atoms with Gasteiger partial charge in [-0.05, 0) is 69.2 Å². The predicted molar refractivity (Wildman–Crippen MR) is 121 cm³/mol. The highest BCUT2D eigenvalue weighted by molar-refractivity contribution is 5.88. The zero-order valence-electron chi connectivity index (χ0n) is 18.6. The summed E-state index contributed by atoms with van der Waals surface area (Å²) in [5.74, 6) is 1.48. The topological polar surface area (TPSA) is 74.0 Å². The van der Waals surface area contributed by atoms with Crippen molar-refractivity contribution >= 4 is 16.9 Å². The van der Waals surface area contributed by atoms with Crippen molar-refractivity contribution < 1.29 is 9.53 Å². The monoisotopic (exact) mass is 417 g/mol. The van der Waals surface area contributed by atoms with Crippen molar-refractivity contribution in [3.05, 3.63) is 70.7 Å². The molecule has 1 aromatic carbocycles. The fourth-order valence-corrected chi connectivity index (χ4v) is 3.90. The van der Waals surface area contributed by atoms with Crippen molar-refractivity contribution in [2.45, 2.75) is 40.8 Å². The number of carbonyl (C=O) groups excluding carboxylic acids is 1. The number of amides is 1. The lowest BCUT2D eigenvalue weighted by molar-refractivity contribution is -0.121. The van der Waals surface area contributed by atoms with Crippen LogP contribution < -0.4 is 10.1 Å². The van der Waals surface area contributed by atoms with Gasteiger partial charge in [0.25, 0.3) is 0 Å². The molecule has 7 heteroatoms. The van der Waals surface area contributed by atoms with Gasteiger partial charge in [0.2, 0.25) is 5.91 Å². The molecule has 3 aromatic heterocycles.